The molecular weight excluding hydrogens is 1810 g/mol. The zero-order valence-electron chi connectivity index (χ0n) is 81.1. The highest BCUT2D eigenvalue weighted by Gasteiger charge is 2.74. The van der Waals surface area contributed by atoms with E-state index < -0.39 is 389 Å². The van der Waals surface area contributed by atoms with Gasteiger partial charge in [0, 0.05) is 59.2 Å². The third kappa shape index (κ3) is 22.0. The summed E-state index contributed by atoms with van der Waals surface area (Å²) in [6, 6.07) is 0. The van der Waals surface area contributed by atoms with Gasteiger partial charge in [-0.2, -0.15) is 0 Å². The minimum Gasteiger partial charge on any atom is -0.479 e. The zero-order chi connectivity index (χ0) is 99.5. The van der Waals surface area contributed by atoms with Gasteiger partial charge >= 0.3 is 5.97 Å². The standard InChI is InChI=1S/C92H158O44/c1-20-46-68(124-81-38(11)32(5)70(48(22-3)116-81)126-83-40(13)35(8)72(52(26-96)119-83)129-89-65(108)61(104)77(53(27-97)121-89)133-90-66(109)62(105)76(54(28-98)122-90)132-88-64(107)60(103)59(102)49(23-93)118-88)31(4)37(10)80(115-46)125-69-33(6)39(12)82(117-47(69)21-2)127-71-34(7)41(14)84(120-51(71)25-95)130-74-36(9)42(15)85(134-78(74)79(111)112)131-75-55(29-99)123-91(67(110)63(75)106)136-92(19)56-43(16)86(135-87(57(56)92)113-30-100)128-73-44(17)58(101)45(18)114-50(73)24-94/h31-78,80-91,93-110H,20-30H2,1-19H3,(H,111,112)/t31-,32?,33-,34?,35?,36?,37?,38?,39?,40?,41?,42?,43?,44?,45-,46?,47?,48?,49?,50?,51?,52?,53?,54?,55?,56-,57+,58?,59+,60+,61-,62-,63-,64-,65?,66-,67?,68-,69-,70+,71+,72+,73+,74+,75+,76+,77+,78?,80+,81-,82+,83-,84-,85+,86+,87?,88?,89+,90?,91+,92?/m1/s1. The van der Waals surface area contributed by atoms with Gasteiger partial charge in [0.2, 0.25) is 0 Å². The summed E-state index contributed by atoms with van der Waals surface area (Å²) in [7, 11) is 0. The Hall–Kier alpha value is -2.21. The quantitative estimate of drug-likeness (QED) is 0.0288. The molecule has 1 saturated carbocycles. The number of carboxylic acids is 1. The summed E-state index contributed by atoms with van der Waals surface area (Å²) in [5.74, 6) is -7.60. The van der Waals surface area contributed by atoms with Crippen molar-refractivity contribution >= 4 is 5.97 Å². The van der Waals surface area contributed by atoms with E-state index in [1.54, 1.807) is 34.6 Å². The van der Waals surface area contributed by atoms with E-state index in [1.807, 2.05) is 69.2 Å². The maximum absolute atomic E-state index is 13.4. The van der Waals surface area contributed by atoms with Gasteiger partial charge in [0.25, 0.3) is 0 Å². The van der Waals surface area contributed by atoms with Crippen molar-refractivity contribution in [1.82, 2.24) is 0 Å². The van der Waals surface area contributed by atoms with Gasteiger partial charge in [-0.3, -0.25) is 0 Å². The van der Waals surface area contributed by atoms with E-state index in [0.717, 1.165) is 0 Å². The number of carbonyl (C=O) groups is 1. The van der Waals surface area contributed by atoms with Crippen LogP contribution in [0.15, 0.2) is 0 Å². The molecule has 790 valence electrons. The number of aliphatic hydroxyl groups is 18. The summed E-state index contributed by atoms with van der Waals surface area (Å²) in [5, 5.41) is 206. The highest BCUT2D eigenvalue weighted by atomic mass is 16.8. The molecule has 0 spiro atoms. The van der Waals surface area contributed by atoms with Crippen LogP contribution >= 0.6 is 0 Å². The van der Waals surface area contributed by atoms with E-state index in [-0.39, 0.29) is 41.4 Å². The lowest BCUT2D eigenvalue weighted by Gasteiger charge is -2.52. The van der Waals surface area contributed by atoms with Gasteiger partial charge in [-0.1, -0.05) is 118 Å². The smallest absolute Gasteiger partial charge is 0.335 e. The fourth-order valence-electron chi connectivity index (χ4n) is 22.7. The van der Waals surface area contributed by atoms with Crippen molar-refractivity contribution in [3.63, 3.8) is 0 Å². The Morgan fingerprint density at radius 1 is 0.243 bits per heavy atom. The normalized spacial score (nSPS) is 54.2. The van der Waals surface area contributed by atoms with Gasteiger partial charge in [-0.15, -0.1) is 0 Å². The lowest BCUT2D eigenvalue weighted by Crippen LogP contribution is -2.67. The molecule has 12 heterocycles. The molecule has 13 rings (SSSR count). The SMILES string of the molecule is CCC1O[C@H](O[C@H]2C(CC)O[C@@H](O[C@H]3C(CC)O[C@@H](O[C@@H]4C(CO)O[C@H](O[C@@H]5C(C(=O)O)O[C@H](O[C@H]6C(CO)O[C@@H](OC7(C)[C@@H]8C(OCO)O[C@H](O[C@@H]9C(CO)O[C@H](C)C(O)C9C)C(C)[C@H]87)C(O)[C@H]6O)C(C)C5C)C(C)C4C)C(C)[C@H]3C)C(C)[C@H]2C)C(C)C(C)[C@@H]1O[C@H]1OC(CO)[C@@H](O[C@@H]2OC(CO)[C@H](OC3OC(CO)[C@H](OC4OC(CO)[C@H](O)[C@H](O)[C@H]4O)[C@H](O)[C@H]3O)[C@H](O)C2O)C(C)C1C. The first-order valence-corrected chi connectivity index (χ1v) is 49.1. The number of hydrogen-bond acceptors (Lipinski definition) is 43. The van der Waals surface area contributed by atoms with Gasteiger partial charge in [0.15, 0.2) is 81.6 Å². The molecule has 13 aliphatic rings. The van der Waals surface area contributed by atoms with Crippen molar-refractivity contribution in [1.29, 1.82) is 0 Å². The second-order valence-corrected chi connectivity index (χ2v) is 41.0. The third-order valence-electron chi connectivity index (χ3n) is 32.9. The van der Waals surface area contributed by atoms with Crippen molar-refractivity contribution in [2.75, 3.05) is 53.0 Å². The summed E-state index contributed by atoms with van der Waals surface area (Å²) < 4.78 is 154. The molecule has 61 atom stereocenters. The van der Waals surface area contributed by atoms with E-state index in [9.17, 15) is 102 Å². The summed E-state index contributed by atoms with van der Waals surface area (Å²) in [6.07, 6.45) is -53.1. The van der Waals surface area contributed by atoms with Gasteiger partial charge < -0.3 is 211 Å². The molecule has 44 heteroatoms. The molecule has 30 unspecified atom stereocenters. The largest absolute Gasteiger partial charge is 0.479 e. The second kappa shape index (κ2) is 46.9. The average molecular weight is 1970 g/mol. The Balaban J connectivity index is 0.573. The number of carboxylic acid groups (broad SMARTS) is 1. The van der Waals surface area contributed by atoms with Crippen molar-refractivity contribution in [2.45, 2.75) is 427 Å². The van der Waals surface area contributed by atoms with Crippen LogP contribution in [0.1, 0.15) is 151 Å². The van der Waals surface area contributed by atoms with Gasteiger partial charge in [0.1, 0.15) is 129 Å². The average Bonchev–Trinajstić information content (AvgIpc) is 1.52. The van der Waals surface area contributed by atoms with E-state index in [2.05, 4.69) is 27.7 Å². The first-order chi connectivity index (χ1) is 64.5. The third-order valence-corrected chi connectivity index (χ3v) is 32.9. The number of ether oxygens (including phenoxy) is 24. The lowest BCUT2D eigenvalue weighted by atomic mass is 9.80. The van der Waals surface area contributed by atoms with Gasteiger partial charge in [0.05, 0.1) is 119 Å². The van der Waals surface area contributed by atoms with Crippen LogP contribution in [0.5, 0.6) is 0 Å². The van der Waals surface area contributed by atoms with Crippen LogP contribution < -0.4 is 0 Å². The Morgan fingerprint density at radius 3 is 0.853 bits per heavy atom. The molecule has 0 radical (unpaired) electrons. The van der Waals surface area contributed by atoms with E-state index in [1.165, 1.54) is 0 Å². The van der Waals surface area contributed by atoms with Crippen LogP contribution in [0.25, 0.3) is 0 Å². The molecule has 0 amide bonds. The maximum Gasteiger partial charge on any atom is 0.335 e. The van der Waals surface area contributed by atoms with Gasteiger partial charge in [-0.25, -0.2) is 4.79 Å². The zero-order valence-corrected chi connectivity index (χ0v) is 81.1. The molecule has 136 heavy (non-hydrogen) atoms. The van der Waals surface area contributed by atoms with Crippen molar-refractivity contribution in [3.8, 4) is 0 Å². The fourth-order valence-corrected chi connectivity index (χ4v) is 22.7. The monoisotopic (exact) mass is 1970 g/mol. The second-order valence-electron chi connectivity index (χ2n) is 41.0. The predicted molar refractivity (Wildman–Crippen MR) is 459 cm³/mol. The van der Waals surface area contributed by atoms with E-state index in [4.69, 9.17) is 114 Å². The number of aliphatic carboxylic acids is 1. The summed E-state index contributed by atoms with van der Waals surface area (Å²) in [6.45, 7) is 31.1. The molecular formula is C92H158O44. The fraction of sp³-hybridized carbons (Fsp3) is 0.989. The molecule has 12 aliphatic heterocycles. The molecule has 0 aromatic heterocycles. The molecule has 19 N–H and O–H groups in total. The number of hydrogen-bond donors (Lipinski definition) is 19. The predicted octanol–water partition coefficient (Wildman–Crippen LogP) is -2.68. The molecule has 1 aliphatic carbocycles. The van der Waals surface area contributed by atoms with E-state index in [0.29, 0.717) is 19.3 Å². The first-order valence-electron chi connectivity index (χ1n) is 49.1. The Bertz CT molecular complexity index is 3650. The Morgan fingerprint density at radius 2 is 0.500 bits per heavy atom. The highest BCUT2D eigenvalue weighted by molar-refractivity contribution is 5.73. The summed E-state index contributed by atoms with van der Waals surface area (Å²) >= 11 is 0. The molecule has 0 aromatic rings. The molecule has 44 nitrogen and oxygen atoms in total. The maximum atomic E-state index is 13.4. The van der Waals surface area contributed by atoms with Crippen molar-refractivity contribution < 1.29 is 216 Å². The van der Waals surface area contributed by atoms with Gasteiger partial charge in [-0.05, 0) is 68.6 Å². The number of aliphatic hydroxyl groups excluding tert-OH is 18. The highest BCUT2D eigenvalue weighted by Crippen LogP contribution is 2.65. The minimum absolute atomic E-state index is 0.116. The van der Waals surface area contributed by atoms with Crippen molar-refractivity contribution in [2.24, 2.45) is 94.7 Å². The van der Waals surface area contributed by atoms with Crippen LogP contribution in [0.2, 0.25) is 0 Å². The van der Waals surface area contributed by atoms with Crippen LogP contribution in [-0.4, -0.2) is 432 Å². The topological polar surface area (TPSA) is 623 Å². The number of fused-ring (bicyclic) bond motifs is 1. The molecule has 13 fully saturated rings. The molecule has 0 bridgehead atoms. The lowest BCUT2D eigenvalue weighted by molar-refractivity contribution is -0.388. The number of rotatable bonds is 35. The minimum atomic E-state index is -2.03. The van der Waals surface area contributed by atoms with Crippen molar-refractivity contribution in [3.05, 3.63) is 0 Å². The van der Waals surface area contributed by atoms with E-state index >= 15 is 0 Å². The Labute approximate surface area is 793 Å². The van der Waals surface area contributed by atoms with Crippen LogP contribution in [0.3, 0.4) is 0 Å². The van der Waals surface area contributed by atoms with Crippen LogP contribution in [0, 0.1) is 94.7 Å². The van der Waals surface area contributed by atoms with Crippen LogP contribution in [0.4, 0.5) is 0 Å². The molecule has 0 aromatic carbocycles. The van der Waals surface area contributed by atoms with Crippen LogP contribution in [-0.2, 0) is 118 Å². The summed E-state index contributed by atoms with van der Waals surface area (Å²) in [4.78, 5) is 13.4. The first kappa shape index (κ1) is 111. The summed E-state index contributed by atoms with van der Waals surface area (Å²) in [5.41, 5.74) is -1.20. The molecule has 12 saturated heterocycles. The Kier molecular flexibility index (Phi) is 38.3.